The van der Waals surface area contributed by atoms with Crippen molar-refractivity contribution in [3.63, 3.8) is 0 Å². The minimum absolute atomic E-state index is 0.0725. The van der Waals surface area contributed by atoms with E-state index in [1.807, 2.05) is 54.3 Å². The second-order valence-electron chi connectivity index (χ2n) is 12.4. The fourth-order valence-electron chi connectivity index (χ4n) is 6.29. The summed E-state index contributed by atoms with van der Waals surface area (Å²) < 4.78 is 0. The molecule has 238 valence electrons. The third kappa shape index (κ3) is 8.74. The first-order valence-corrected chi connectivity index (χ1v) is 16.0. The molecule has 0 bridgehead atoms. The Morgan fingerprint density at radius 2 is 2.00 bits per heavy atom. The first kappa shape index (κ1) is 34.9. The molecule has 10 heteroatoms. The van der Waals surface area contributed by atoms with E-state index < -0.39 is 5.66 Å². The average Bonchev–Trinajstić information content (AvgIpc) is 3.26. The summed E-state index contributed by atoms with van der Waals surface area (Å²) in [4.78, 5) is 33.4. The smallest absolute Gasteiger partial charge is 0.247 e. The van der Waals surface area contributed by atoms with Gasteiger partial charge in [-0.15, -0.1) is 5.11 Å². The second kappa shape index (κ2) is 15.9. The van der Waals surface area contributed by atoms with Crippen LogP contribution in [0.15, 0.2) is 75.0 Å². The summed E-state index contributed by atoms with van der Waals surface area (Å²) in [7, 11) is 0. The highest BCUT2D eigenvalue weighted by Crippen LogP contribution is 2.47. The van der Waals surface area contributed by atoms with Crippen LogP contribution in [0, 0.1) is 16.7 Å². The molecule has 2 aliphatic rings. The minimum atomic E-state index is -0.711. The van der Waals surface area contributed by atoms with Crippen LogP contribution in [0.3, 0.4) is 0 Å². The van der Waals surface area contributed by atoms with Gasteiger partial charge in [0.15, 0.2) is 5.84 Å². The summed E-state index contributed by atoms with van der Waals surface area (Å²) in [5, 5.41) is 17.5. The number of rotatable bonds is 13. The number of nitrogens with zero attached hydrogens (tertiary/aromatic N) is 4. The molecule has 4 N–H and O–H groups in total. The van der Waals surface area contributed by atoms with Crippen molar-refractivity contribution in [2.45, 2.75) is 97.7 Å². The van der Waals surface area contributed by atoms with Crippen molar-refractivity contribution in [3.8, 4) is 0 Å². The summed E-state index contributed by atoms with van der Waals surface area (Å²) in [5.74, 6) is 5.12. The van der Waals surface area contributed by atoms with Gasteiger partial charge in [-0.2, -0.15) is 0 Å². The molecule has 0 spiro atoms. The van der Waals surface area contributed by atoms with Crippen molar-refractivity contribution in [1.29, 1.82) is 5.41 Å². The van der Waals surface area contributed by atoms with Gasteiger partial charge in [-0.25, -0.2) is 0 Å². The van der Waals surface area contributed by atoms with Gasteiger partial charge in [0.1, 0.15) is 5.66 Å². The van der Waals surface area contributed by atoms with Gasteiger partial charge in [0.2, 0.25) is 12.3 Å². The monoisotopic (exact) mass is 621 g/mol. The van der Waals surface area contributed by atoms with Crippen LogP contribution in [0.2, 0.25) is 5.02 Å². The fraction of sp³-hybridized carbons (Fsp3) is 0.529. The summed E-state index contributed by atoms with van der Waals surface area (Å²) >= 11 is 6.34. The lowest BCUT2D eigenvalue weighted by atomic mass is 9.67. The van der Waals surface area contributed by atoms with E-state index in [0.717, 1.165) is 68.2 Å². The highest BCUT2D eigenvalue weighted by atomic mass is 35.5. The van der Waals surface area contributed by atoms with E-state index in [4.69, 9.17) is 27.8 Å². The molecule has 1 aromatic carbocycles. The van der Waals surface area contributed by atoms with Gasteiger partial charge in [-0.1, -0.05) is 93.8 Å². The quantitative estimate of drug-likeness (QED) is 0.0531. The maximum Gasteiger partial charge on any atom is 0.247 e. The maximum absolute atomic E-state index is 13.2. The predicted molar refractivity (Wildman–Crippen MR) is 179 cm³/mol. The number of benzene rings is 1. The van der Waals surface area contributed by atoms with Gasteiger partial charge in [-0.05, 0) is 80.1 Å². The lowest BCUT2D eigenvalue weighted by molar-refractivity contribution is -0.128. The number of amides is 2. The van der Waals surface area contributed by atoms with Gasteiger partial charge < -0.3 is 16.1 Å². The van der Waals surface area contributed by atoms with E-state index in [1.165, 1.54) is 0 Å². The van der Waals surface area contributed by atoms with Crippen LogP contribution in [0.25, 0.3) is 0 Å². The maximum atomic E-state index is 13.2. The van der Waals surface area contributed by atoms with Gasteiger partial charge >= 0.3 is 0 Å². The number of hydrogen-bond acceptors (Lipinski definition) is 5. The number of carbonyl (C=O) groups excluding carboxylic acids is 2. The lowest BCUT2D eigenvalue weighted by Gasteiger charge is -2.50. The Kier molecular flexibility index (Phi) is 12.6. The predicted octanol–water partition coefficient (Wildman–Crippen LogP) is 7.33. The first-order valence-electron chi connectivity index (χ1n) is 15.6. The Morgan fingerprint density at radius 1 is 1.27 bits per heavy atom. The molecule has 1 unspecified atom stereocenters. The Bertz CT molecular complexity index is 1340. The number of nitrogens with one attached hydrogen (secondary N) is 2. The van der Waals surface area contributed by atoms with E-state index in [-0.39, 0.29) is 29.7 Å². The van der Waals surface area contributed by atoms with Crippen molar-refractivity contribution in [3.05, 3.63) is 70.3 Å². The molecule has 0 radical (unpaired) electrons. The third-order valence-corrected chi connectivity index (χ3v) is 9.54. The first-order chi connectivity index (χ1) is 21.0. The fourth-order valence-corrected chi connectivity index (χ4v) is 6.48. The average molecular weight is 622 g/mol. The molecule has 0 heterocycles. The van der Waals surface area contributed by atoms with Crippen LogP contribution < -0.4 is 11.2 Å². The van der Waals surface area contributed by atoms with Crippen molar-refractivity contribution in [1.82, 2.24) is 10.2 Å². The van der Waals surface area contributed by atoms with Crippen molar-refractivity contribution in [2.75, 3.05) is 6.54 Å². The van der Waals surface area contributed by atoms with Gasteiger partial charge in [-0.3, -0.25) is 20.0 Å². The Labute approximate surface area is 267 Å². The second-order valence-corrected chi connectivity index (χ2v) is 12.9. The highest BCUT2D eigenvalue weighted by Gasteiger charge is 2.45. The Morgan fingerprint density at radius 3 is 2.61 bits per heavy atom. The number of aliphatic imine (C=N–C) groups is 1. The molecular weight excluding hydrogens is 574 g/mol. The number of hydrogen-bond donors (Lipinski definition) is 3. The Balaban J connectivity index is 2.01. The van der Waals surface area contributed by atoms with E-state index in [0.29, 0.717) is 22.9 Å². The number of nitrogens with two attached hydrogens (primary N) is 1. The van der Waals surface area contributed by atoms with E-state index in [1.54, 1.807) is 6.08 Å². The SMILES string of the molecule is CCCC(C1=CC=C(C(=O)NCC(=N)N=NN)CC=C1)N(C=O)C1(/N=C(\C)c2cccc(Cl)c2)CCC(C(C)(C)CC)CC1. The van der Waals surface area contributed by atoms with Crippen LogP contribution in [0.1, 0.15) is 91.5 Å². The molecular formula is C34H48ClN7O2. The molecule has 0 aromatic heterocycles. The zero-order valence-corrected chi connectivity index (χ0v) is 27.5. The Hall–Kier alpha value is -3.59. The molecule has 9 nitrogen and oxygen atoms in total. The summed E-state index contributed by atoms with van der Waals surface area (Å²) in [6.45, 7) is 11.0. The van der Waals surface area contributed by atoms with E-state index in [2.05, 4.69) is 43.3 Å². The molecule has 2 aliphatic carbocycles. The number of amidine groups is 1. The topological polar surface area (TPSA) is 136 Å². The molecule has 1 fully saturated rings. The van der Waals surface area contributed by atoms with Crippen LogP contribution in [0.4, 0.5) is 0 Å². The van der Waals surface area contributed by atoms with Gasteiger partial charge in [0.05, 0.1) is 12.6 Å². The van der Waals surface area contributed by atoms with Crippen LogP contribution in [-0.4, -0.2) is 47.0 Å². The molecule has 3 rings (SSSR count). The van der Waals surface area contributed by atoms with Gasteiger partial charge in [0.25, 0.3) is 0 Å². The molecule has 0 aliphatic heterocycles. The molecule has 1 aromatic rings. The molecule has 0 saturated heterocycles. The van der Waals surface area contributed by atoms with Crippen LogP contribution >= 0.6 is 11.6 Å². The van der Waals surface area contributed by atoms with Gasteiger partial charge in [0, 0.05) is 16.3 Å². The largest absolute Gasteiger partial charge is 0.345 e. The summed E-state index contributed by atoms with van der Waals surface area (Å²) in [6, 6.07) is 7.48. The van der Waals surface area contributed by atoms with Crippen LogP contribution in [-0.2, 0) is 9.59 Å². The number of allylic oxidation sites excluding steroid dienone is 3. The van der Waals surface area contributed by atoms with Crippen molar-refractivity contribution < 1.29 is 9.59 Å². The lowest BCUT2D eigenvalue weighted by Crippen LogP contribution is -2.55. The summed E-state index contributed by atoms with van der Waals surface area (Å²) in [5.41, 5.74) is 2.81. The van der Waals surface area contributed by atoms with E-state index in [9.17, 15) is 9.59 Å². The molecule has 1 atom stereocenters. The minimum Gasteiger partial charge on any atom is -0.345 e. The van der Waals surface area contributed by atoms with E-state index >= 15 is 0 Å². The molecule has 44 heavy (non-hydrogen) atoms. The molecule has 2 amide bonds. The highest BCUT2D eigenvalue weighted by molar-refractivity contribution is 6.31. The summed E-state index contributed by atoms with van der Waals surface area (Å²) in [6.07, 6.45) is 15.3. The zero-order chi connectivity index (χ0) is 32.3. The number of carbonyl (C=O) groups is 2. The third-order valence-electron chi connectivity index (χ3n) is 9.31. The van der Waals surface area contributed by atoms with Crippen molar-refractivity contribution in [2.24, 2.45) is 32.5 Å². The van der Waals surface area contributed by atoms with Crippen LogP contribution in [0.5, 0.6) is 0 Å². The standard InChI is InChI=1S/C34H48ClN7O2/c1-6-10-30(25-11-8-12-26(16-15-25)32(44)38-22-31(36)40-41-37)42(23-43)34(19-17-28(18-20-34)33(4,5)7-2)39-24(3)27-13-9-14-29(35)21-27/h8-9,11,13-16,21,23,28,30H,6-7,10,12,17-20,22H2,1-5H3,(H,38,44)(H3,36,37,40)/b39-24+. The van der Waals surface area contributed by atoms with Crippen molar-refractivity contribution >= 4 is 35.5 Å². The zero-order valence-electron chi connectivity index (χ0n) is 26.8. The normalized spacial score (nSPS) is 21.7. The molecule has 1 saturated carbocycles. The number of halogens is 1.